The van der Waals surface area contributed by atoms with Crippen LogP contribution in [0.1, 0.15) is 19.7 Å². The molecule has 0 atom stereocenters. The number of ether oxygens (including phenoxy) is 1. The first-order valence-electron chi connectivity index (χ1n) is 7.18. The number of aryl methyl sites for hydroxylation is 1. The molecule has 6 heteroatoms. The van der Waals surface area contributed by atoms with Crippen molar-refractivity contribution >= 4 is 28.9 Å². The molecule has 2 rings (SSSR count). The third-order valence-corrected chi connectivity index (χ3v) is 3.19. The maximum absolute atomic E-state index is 6.05. The SMILES string of the molecule is COc1ccc(Cl)cc1Nc1cc(NCC(C)C)nc(C)n1. The molecule has 2 aromatic rings. The first-order chi connectivity index (χ1) is 10.5. The number of aromatic nitrogens is 2. The summed E-state index contributed by atoms with van der Waals surface area (Å²) in [6.45, 7) is 7.02. The molecule has 0 saturated carbocycles. The molecule has 1 aromatic carbocycles. The van der Waals surface area contributed by atoms with E-state index in [1.165, 1.54) is 0 Å². The van der Waals surface area contributed by atoms with Crippen LogP contribution < -0.4 is 15.4 Å². The molecule has 0 saturated heterocycles. The maximum atomic E-state index is 6.05. The number of nitrogens with zero attached hydrogens (tertiary/aromatic N) is 2. The summed E-state index contributed by atoms with van der Waals surface area (Å²) in [6, 6.07) is 7.28. The molecule has 0 aliphatic carbocycles. The highest BCUT2D eigenvalue weighted by Crippen LogP contribution is 2.30. The third-order valence-electron chi connectivity index (χ3n) is 2.95. The Morgan fingerprint density at radius 2 is 1.91 bits per heavy atom. The Hall–Kier alpha value is -2.01. The molecule has 0 spiro atoms. The van der Waals surface area contributed by atoms with Crippen LogP contribution in [0.25, 0.3) is 0 Å². The lowest BCUT2D eigenvalue weighted by Gasteiger charge is -2.13. The van der Waals surface area contributed by atoms with Crippen molar-refractivity contribution in [2.75, 3.05) is 24.3 Å². The van der Waals surface area contributed by atoms with Crippen molar-refractivity contribution in [3.05, 3.63) is 35.1 Å². The van der Waals surface area contributed by atoms with E-state index in [1.807, 2.05) is 19.1 Å². The Morgan fingerprint density at radius 3 is 2.59 bits per heavy atom. The van der Waals surface area contributed by atoms with E-state index in [2.05, 4.69) is 34.4 Å². The van der Waals surface area contributed by atoms with Gasteiger partial charge in [0.15, 0.2) is 0 Å². The van der Waals surface area contributed by atoms with Crippen LogP contribution in [0.4, 0.5) is 17.3 Å². The monoisotopic (exact) mass is 320 g/mol. The molecule has 0 aliphatic rings. The van der Waals surface area contributed by atoms with Crippen LogP contribution in [0, 0.1) is 12.8 Å². The second-order valence-electron chi connectivity index (χ2n) is 5.43. The zero-order valence-electron chi connectivity index (χ0n) is 13.3. The van der Waals surface area contributed by atoms with Crippen LogP contribution >= 0.6 is 11.6 Å². The number of rotatable bonds is 6. The second kappa shape index (κ2) is 7.31. The van der Waals surface area contributed by atoms with Gasteiger partial charge in [0.2, 0.25) is 0 Å². The van der Waals surface area contributed by atoms with E-state index in [4.69, 9.17) is 16.3 Å². The fraction of sp³-hybridized carbons (Fsp3) is 0.375. The van der Waals surface area contributed by atoms with Crippen LogP contribution in [0.5, 0.6) is 5.75 Å². The topological polar surface area (TPSA) is 59.1 Å². The average molecular weight is 321 g/mol. The van der Waals surface area contributed by atoms with Gasteiger partial charge < -0.3 is 15.4 Å². The van der Waals surface area contributed by atoms with Gasteiger partial charge in [0.25, 0.3) is 0 Å². The summed E-state index contributed by atoms with van der Waals surface area (Å²) in [5.74, 6) is 3.43. The summed E-state index contributed by atoms with van der Waals surface area (Å²) >= 11 is 6.05. The van der Waals surface area contributed by atoms with Crippen LogP contribution in [0.15, 0.2) is 24.3 Å². The Labute approximate surface area is 136 Å². The Kier molecular flexibility index (Phi) is 5.44. The highest BCUT2D eigenvalue weighted by atomic mass is 35.5. The lowest BCUT2D eigenvalue weighted by Crippen LogP contribution is -2.10. The van der Waals surface area contributed by atoms with E-state index >= 15 is 0 Å². The Balaban J connectivity index is 2.24. The highest BCUT2D eigenvalue weighted by Gasteiger charge is 2.07. The Morgan fingerprint density at radius 1 is 1.18 bits per heavy atom. The van der Waals surface area contributed by atoms with Crippen molar-refractivity contribution in [2.24, 2.45) is 5.92 Å². The van der Waals surface area contributed by atoms with E-state index < -0.39 is 0 Å². The van der Waals surface area contributed by atoms with Crippen molar-refractivity contribution < 1.29 is 4.74 Å². The predicted octanol–water partition coefficient (Wildman–Crippen LogP) is 4.26. The molecule has 0 bridgehead atoms. The van der Waals surface area contributed by atoms with Crippen LogP contribution in [-0.2, 0) is 0 Å². The number of nitrogens with one attached hydrogen (secondary N) is 2. The second-order valence-corrected chi connectivity index (χ2v) is 5.87. The molecule has 0 amide bonds. The van der Waals surface area contributed by atoms with Crippen molar-refractivity contribution in [1.29, 1.82) is 0 Å². The van der Waals surface area contributed by atoms with Gasteiger partial charge in [0.1, 0.15) is 23.2 Å². The number of methoxy groups -OCH3 is 1. The molecule has 0 fully saturated rings. The summed E-state index contributed by atoms with van der Waals surface area (Å²) in [5, 5.41) is 7.17. The van der Waals surface area contributed by atoms with Gasteiger partial charge in [-0.3, -0.25) is 0 Å². The molecule has 0 unspecified atom stereocenters. The van der Waals surface area contributed by atoms with Gasteiger partial charge in [-0.15, -0.1) is 0 Å². The maximum Gasteiger partial charge on any atom is 0.142 e. The van der Waals surface area contributed by atoms with Crippen molar-refractivity contribution in [3.8, 4) is 5.75 Å². The summed E-state index contributed by atoms with van der Waals surface area (Å²) in [7, 11) is 1.62. The van der Waals surface area contributed by atoms with Gasteiger partial charge in [0.05, 0.1) is 12.8 Å². The number of anilines is 3. The van der Waals surface area contributed by atoms with Crippen molar-refractivity contribution in [3.63, 3.8) is 0 Å². The van der Waals surface area contributed by atoms with Gasteiger partial charge >= 0.3 is 0 Å². The summed E-state index contributed by atoms with van der Waals surface area (Å²) in [5.41, 5.74) is 0.767. The van der Waals surface area contributed by atoms with Crippen molar-refractivity contribution in [2.45, 2.75) is 20.8 Å². The average Bonchev–Trinajstić information content (AvgIpc) is 2.45. The zero-order chi connectivity index (χ0) is 16.1. The van der Waals surface area contributed by atoms with E-state index in [0.717, 1.165) is 18.1 Å². The van der Waals surface area contributed by atoms with E-state index in [9.17, 15) is 0 Å². The molecule has 22 heavy (non-hydrogen) atoms. The molecule has 5 nitrogen and oxygen atoms in total. The van der Waals surface area contributed by atoms with Gasteiger partial charge in [-0.25, -0.2) is 9.97 Å². The molecule has 1 aromatic heterocycles. The van der Waals surface area contributed by atoms with Gasteiger partial charge in [-0.05, 0) is 31.0 Å². The third kappa shape index (κ3) is 4.49. The minimum absolute atomic E-state index is 0.541. The quantitative estimate of drug-likeness (QED) is 0.833. The first kappa shape index (κ1) is 16.4. The standard InChI is InChI=1S/C16H21ClN4O/c1-10(2)9-18-15-8-16(20-11(3)19-15)21-13-7-12(17)5-6-14(13)22-4/h5-8,10H,9H2,1-4H3,(H2,18,19,20,21). The van der Waals surface area contributed by atoms with Gasteiger partial charge in [0, 0.05) is 17.6 Å². The fourth-order valence-corrected chi connectivity index (χ4v) is 2.12. The summed E-state index contributed by atoms with van der Waals surface area (Å²) < 4.78 is 5.33. The normalized spacial score (nSPS) is 10.6. The molecule has 118 valence electrons. The van der Waals surface area contributed by atoms with Crippen LogP contribution in [0.2, 0.25) is 5.02 Å². The zero-order valence-corrected chi connectivity index (χ0v) is 14.0. The van der Waals surface area contributed by atoms with Crippen LogP contribution in [0.3, 0.4) is 0 Å². The van der Waals surface area contributed by atoms with Gasteiger partial charge in [-0.2, -0.15) is 0 Å². The molecule has 0 radical (unpaired) electrons. The molecule has 1 heterocycles. The first-order valence-corrected chi connectivity index (χ1v) is 7.56. The minimum atomic E-state index is 0.541. The minimum Gasteiger partial charge on any atom is -0.495 e. The molecular weight excluding hydrogens is 300 g/mol. The number of hydrogen-bond acceptors (Lipinski definition) is 5. The summed E-state index contributed by atoms with van der Waals surface area (Å²) in [6.07, 6.45) is 0. The molecule has 0 aliphatic heterocycles. The fourth-order valence-electron chi connectivity index (χ4n) is 1.95. The van der Waals surface area contributed by atoms with E-state index in [0.29, 0.717) is 28.3 Å². The largest absolute Gasteiger partial charge is 0.495 e. The number of benzene rings is 1. The van der Waals surface area contributed by atoms with Crippen LogP contribution in [-0.4, -0.2) is 23.6 Å². The predicted molar refractivity (Wildman–Crippen MR) is 91.4 cm³/mol. The summed E-state index contributed by atoms with van der Waals surface area (Å²) in [4.78, 5) is 8.79. The molecule has 2 N–H and O–H groups in total. The Bertz CT molecular complexity index is 646. The van der Waals surface area contributed by atoms with Crippen molar-refractivity contribution in [1.82, 2.24) is 9.97 Å². The smallest absolute Gasteiger partial charge is 0.142 e. The lowest BCUT2D eigenvalue weighted by molar-refractivity contribution is 0.417. The number of hydrogen-bond donors (Lipinski definition) is 2. The highest BCUT2D eigenvalue weighted by molar-refractivity contribution is 6.31. The number of halogens is 1. The van der Waals surface area contributed by atoms with E-state index in [1.54, 1.807) is 19.2 Å². The van der Waals surface area contributed by atoms with Gasteiger partial charge in [-0.1, -0.05) is 25.4 Å². The molecular formula is C16H21ClN4O. The van der Waals surface area contributed by atoms with E-state index in [-0.39, 0.29) is 0 Å². The lowest BCUT2D eigenvalue weighted by atomic mass is 10.2.